The van der Waals surface area contributed by atoms with Gasteiger partial charge in [0.1, 0.15) is 5.75 Å². The quantitative estimate of drug-likeness (QED) is 0.319. The van der Waals surface area contributed by atoms with Gasteiger partial charge in [0, 0.05) is 39.7 Å². The summed E-state index contributed by atoms with van der Waals surface area (Å²) < 4.78 is 46.8. The van der Waals surface area contributed by atoms with Crippen LogP contribution in [0.5, 0.6) is 5.75 Å². The van der Waals surface area contributed by atoms with E-state index in [0.717, 1.165) is 52.5 Å². The van der Waals surface area contributed by atoms with Crippen LogP contribution in [-0.2, 0) is 20.6 Å². The van der Waals surface area contributed by atoms with Crippen molar-refractivity contribution in [3.05, 3.63) is 73.2 Å². The molecule has 4 fully saturated rings. The first-order valence-corrected chi connectivity index (χ1v) is 17.7. The number of halogens is 4. The first kappa shape index (κ1) is 31.0. The fraction of sp³-hybridized carbons (Fsp3) is 0.455. The van der Waals surface area contributed by atoms with Gasteiger partial charge in [-0.2, -0.15) is 13.2 Å². The first-order valence-electron chi connectivity index (χ1n) is 15.7. The number of benzene rings is 2. The SMILES string of the molecule is O=C(COc1ccc(Cl)cc1[C@H]1c2sc(=O)[nH]c2SC2C1[C@H]1C[C@@H]2C2C(=O)N(c3cccc(C(F)(F)F)c3)C(=O)C21)N1CCCCC1. The van der Waals surface area contributed by atoms with Crippen molar-refractivity contribution in [1.29, 1.82) is 0 Å². The Kier molecular flexibility index (Phi) is 7.53. The number of ether oxygens (including phenoxy) is 1. The Morgan fingerprint density at radius 1 is 1.00 bits per heavy atom. The van der Waals surface area contributed by atoms with Crippen molar-refractivity contribution in [1.82, 2.24) is 9.88 Å². The highest BCUT2D eigenvalue weighted by molar-refractivity contribution is 8.00. The number of thiazole rings is 1. The molecular weight excluding hydrogens is 675 g/mol. The summed E-state index contributed by atoms with van der Waals surface area (Å²) >= 11 is 9.14. The van der Waals surface area contributed by atoms with Gasteiger partial charge in [-0.05, 0) is 79.8 Å². The number of fused-ring (bicyclic) bond motifs is 9. The highest BCUT2D eigenvalue weighted by Gasteiger charge is 2.70. The summed E-state index contributed by atoms with van der Waals surface area (Å²) in [7, 11) is 0. The van der Waals surface area contributed by atoms with E-state index in [9.17, 15) is 32.3 Å². The molecule has 14 heteroatoms. The van der Waals surface area contributed by atoms with Crippen molar-refractivity contribution in [3.63, 3.8) is 0 Å². The number of carbonyl (C=O) groups is 3. The molecule has 1 N–H and O–H groups in total. The minimum absolute atomic E-state index is 0.0804. The molecule has 3 aromatic rings. The smallest absolute Gasteiger partial charge is 0.416 e. The van der Waals surface area contributed by atoms with Crippen LogP contribution in [0.3, 0.4) is 0 Å². The van der Waals surface area contributed by atoms with Crippen molar-refractivity contribution < 1.29 is 32.3 Å². The number of H-pyrrole nitrogens is 1. The zero-order chi connectivity index (χ0) is 32.8. The van der Waals surface area contributed by atoms with Gasteiger partial charge in [0.25, 0.3) is 5.91 Å². The maximum Gasteiger partial charge on any atom is 0.416 e. The molecule has 8 rings (SSSR count). The molecule has 0 spiro atoms. The maximum absolute atomic E-state index is 14.0. The van der Waals surface area contributed by atoms with E-state index in [1.54, 1.807) is 23.1 Å². The maximum atomic E-state index is 14.0. The molecule has 4 unspecified atom stereocenters. The van der Waals surface area contributed by atoms with E-state index >= 15 is 0 Å². The van der Waals surface area contributed by atoms with Crippen LogP contribution >= 0.6 is 34.7 Å². The van der Waals surface area contributed by atoms with E-state index in [1.807, 2.05) is 0 Å². The van der Waals surface area contributed by atoms with Crippen LogP contribution in [0.4, 0.5) is 18.9 Å². The molecule has 3 amide bonds. The van der Waals surface area contributed by atoms with Crippen molar-refractivity contribution in [2.45, 2.75) is 48.1 Å². The molecule has 8 nitrogen and oxygen atoms in total. The van der Waals surface area contributed by atoms with Crippen LogP contribution < -0.4 is 14.5 Å². The summed E-state index contributed by atoms with van der Waals surface area (Å²) in [6, 6.07) is 9.53. The van der Waals surface area contributed by atoms with E-state index in [2.05, 4.69) is 4.98 Å². The lowest BCUT2D eigenvalue weighted by Gasteiger charge is -2.43. The third-order valence-electron chi connectivity index (χ3n) is 10.5. The number of carbonyl (C=O) groups excluding carboxylic acids is 3. The molecule has 7 atom stereocenters. The van der Waals surface area contributed by atoms with Crippen LogP contribution in [0.1, 0.15) is 47.6 Å². The molecule has 47 heavy (non-hydrogen) atoms. The number of anilines is 1. The number of nitrogens with one attached hydrogen (secondary N) is 1. The third kappa shape index (κ3) is 5.02. The summed E-state index contributed by atoms with van der Waals surface area (Å²) in [6.07, 6.45) is -1.03. The second-order valence-corrected chi connectivity index (χ2v) is 15.6. The van der Waals surface area contributed by atoms with Gasteiger partial charge in [-0.1, -0.05) is 29.0 Å². The molecule has 2 saturated carbocycles. The minimum Gasteiger partial charge on any atom is -0.483 e. The average Bonchev–Trinajstić information content (AvgIpc) is 3.79. The van der Waals surface area contributed by atoms with Gasteiger partial charge in [-0.25, -0.2) is 0 Å². The van der Waals surface area contributed by atoms with Gasteiger partial charge in [0.15, 0.2) is 6.61 Å². The molecule has 246 valence electrons. The first-order chi connectivity index (χ1) is 22.5. The molecule has 0 radical (unpaired) electrons. The van der Waals surface area contributed by atoms with Gasteiger partial charge >= 0.3 is 11.0 Å². The number of nitrogens with zero attached hydrogens (tertiary/aromatic N) is 2. The molecule has 2 aromatic carbocycles. The molecular formula is C33H29ClF3N3O5S2. The number of rotatable bonds is 5. The average molecular weight is 704 g/mol. The van der Waals surface area contributed by atoms with Crippen molar-refractivity contribution in [2.24, 2.45) is 29.6 Å². The molecule has 2 bridgehead atoms. The summed E-state index contributed by atoms with van der Waals surface area (Å²) in [5.74, 6) is -3.09. The molecule has 4 heterocycles. The van der Waals surface area contributed by atoms with Gasteiger partial charge in [0.2, 0.25) is 11.8 Å². The number of piperidine rings is 1. The fourth-order valence-electron chi connectivity index (χ4n) is 8.71. The number of hydrogen-bond donors (Lipinski definition) is 1. The van der Waals surface area contributed by atoms with Crippen molar-refractivity contribution in [3.8, 4) is 5.75 Å². The Morgan fingerprint density at radius 3 is 2.49 bits per heavy atom. The van der Waals surface area contributed by atoms with Crippen LogP contribution in [0.2, 0.25) is 5.02 Å². The number of amides is 3. The number of imide groups is 1. The Bertz CT molecular complexity index is 1860. The predicted molar refractivity (Wildman–Crippen MR) is 170 cm³/mol. The van der Waals surface area contributed by atoms with Crippen LogP contribution in [0.15, 0.2) is 52.3 Å². The van der Waals surface area contributed by atoms with E-state index in [1.165, 1.54) is 23.9 Å². The van der Waals surface area contributed by atoms with E-state index in [-0.39, 0.29) is 46.1 Å². The zero-order valence-corrected chi connectivity index (χ0v) is 27.2. The van der Waals surface area contributed by atoms with Crippen molar-refractivity contribution in [2.75, 3.05) is 24.6 Å². The highest BCUT2D eigenvalue weighted by Crippen LogP contribution is 2.69. The second-order valence-electron chi connectivity index (χ2n) is 12.9. The monoisotopic (exact) mass is 703 g/mol. The van der Waals surface area contributed by atoms with Gasteiger partial charge < -0.3 is 14.6 Å². The topological polar surface area (TPSA) is 99.8 Å². The van der Waals surface area contributed by atoms with Crippen LogP contribution in [0, 0.1) is 29.6 Å². The number of aromatic amines is 1. The summed E-state index contributed by atoms with van der Waals surface area (Å²) in [5.41, 5.74) is -0.310. The Labute approximate surface area is 280 Å². The van der Waals surface area contributed by atoms with Crippen LogP contribution in [0.25, 0.3) is 0 Å². The standard InChI is InChI=1S/C33H29ClF3N3O5S2/c34-16-7-8-21(45-14-22(41)39-9-2-1-3-10-39)18(12-16)23-24-19-13-20(27(24)46-29-28(23)47-32(44)38-29)26-25(19)30(42)40(31(26)43)17-6-4-5-15(11-17)33(35,36)37/h4-8,11-12,19-20,23-27H,1-3,9-10,13-14H2,(H,38,44)/t19-,20-,23-,24?,25?,26?,27?/m1/s1. The lowest BCUT2D eigenvalue weighted by Crippen LogP contribution is -2.43. The molecule has 2 aliphatic carbocycles. The Hall–Kier alpha value is -3.29. The predicted octanol–water partition coefficient (Wildman–Crippen LogP) is 6.18. The molecule has 3 aliphatic heterocycles. The number of aromatic nitrogens is 1. The van der Waals surface area contributed by atoms with Crippen LogP contribution in [-0.4, -0.2) is 52.6 Å². The van der Waals surface area contributed by atoms with Gasteiger partial charge in [-0.3, -0.25) is 24.1 Å². The lowest BCUT2D eigenvalue weighted by molar-refractivity contribution is -0.137. The van der Waals surface area contributed by atoms with E-state index < -0.39 is 41.3 Å². The van der Waals surface area contributed by atoms with Gasteiger partial charge in [0.05, 0.1) is 28.1 Å². The molecule has 2 saturated heterocycles. The third-order valence-corrected chi connectivity index (χ3v) is 13.3. The number of thioether (sulfide) groups is 1. The van der Waals surface area contributed by atoms with Gasteiger partial charge in [-0.15, -0.1) is 11.8 Å². The van der Waals surface area contributed by atoms with E-state index in [4.69, 9.17) is 16.3 Å². The zero-order valence-electron chi connectivity index (χ0n) is 24.8. The normalized spacial score (nSPS) is 29.6. The molecule has 5 aliphatic rings. The Balaban J connectivity index is 1.15. The molecule has 1 aromatic heterocycles. The largest absolute Gasteiger partial charge is 0.483 e. The summed E-state index contributed by atoms with van der Waals surface area (Å²) in [5, 5.41) is 0.985. The lowest BCUT2D eigenvalue weighted by atomic mass is 9.68. The number of hydrogen-bond acceptors (Lipinski definition) is 7. The fourth-order valence-corrected chi connectivity index (χ4v) is 11.8. The number of alkyl halides is 3. The highest BCUT2D eigenvalue weighted by atomic mass is 35.5. The summed E-state index contributed by atoms with van der Waals surface area (Å²) in [6.45, 7) is 1.22. The Morgan fingerprint density at radius 2 is 1.74 bits per heavy atom. The number of likely N-dealkylation sites (tertiary alicyclic amines) is 1. The minimum atomic E-state index is -4.63. The van der Waals surface area contributed by atoms with Crippen molar-refractivity contribution >= 4 is 58.1 Å². The summed E-state index contributed by atoms with van der Waals surface area (Å²) in [4.78, 5) is 59.9. The second kappa shape index (κ2) is 11.4. The van der Waals surface area contributed by atoms with E-state index in [0.29, 0.717) is 40.9 Å².